The number of hydrogen-bond donors (Lipinski definition) is 1. The first-order valence-electron chi connectivity index (χ1n) is 7.58. The summed E-state index contributed by atoms with van der Waals surface area (Å²) in [6, 6.07) is 4.07. The van der Waals surface area contributed by atoms with Gasteiger partial charge in [-0.05, 0) is 43.6 Å². The number of likely N-dealkylation sites (tertiary alicyclic amines) is 1. The van der Waals surface area contributed by atoms with Gasteiger partial charge < -0.3 is 9.84 Å². The topological polar surface area (TPSA) is 49.8 Å². The fourth-order valence-electron chi connectivity index (χ4n) is 4.93. The van der Waals surface area contributed by atoms with Gasteiger partial charge in [-0.2, -0.15) is 0 Å². The molecule has 4 nitrogen and oxygen atoms in total. The number of likely N-dealkylation sites (N-methyl/N-ethyl adjacent to an activating group) is 1. The van der Waals surface area contributed by atoms with Gasteiger partial charge in [0, 0.05) is 18.0 Å². The predicted molar refractivity (Wildman–Crippen MR) is 76.6 cm³/mol. The number of aromatic hydroxyl groups is 1. The Hall–Kier alpha value is -1.81. The van der Waals surface area contributed by atoms with Crippen LogP contribution in [0, 0.1) is 0 Å². The van der Waals surface area contributed by atoms with Crippen molar-refractivity contribution >= 4 is 5.78 Å². The van der Waals surface area contributed by atoms with Gasteiger partial charge in [-0.25, -0.2) is 0 Å². The number of allylic oxidation sites excluding steroid dienone is 1. The summed E-state index contributed by atoms with van der Waals surface area (Å²) in [5.41, 5.74) is 3.36. The summed E-state index contributed by atoms with van der Waals surface area (Å²) in [4.78, 5) is 14.8. The van der Waals surface area contributed by atoms with E-state index in [2.05, 4.69) is 18.0 Å². The Morgan fingerprint density at radius 2 is 2.29 bits per heavy atom. The van der Waals surface area contributed by atoms with Crippen LogP contribution in [-0.2, 0) is 16.6 Å². The van der Waals surface area contributed by atoms with E-state index in [0.717, 1.165) is 24.9 Å². The van der Waals surface area contributed by atoms with Crippen molar-refractivity contribution in [3.63, 3.8) is 0 Å². The lowest BCUT2D eigenvalue weighted by atomic mass is 9.56. The predicted octanol–water partition coefficient (Wildman–Crippen LogP) is 1.55. The first kappa shape index (κ1) is 11.8. The summed E-state index contributed by atoms with van der Waals surface area (Å²) in [6.45, 7) is 0.962. The van der Waals surface area contributed by atoms with E-state index in [4.69, 9.17) is 4.74 Å². The van der Waals surface area contributed by atoms with Crippen LogP contribution >= 0.6 is 0 Å². The highest BCUT2D eigenvalue weighted by atomic mass is 16.5. The summed E-state index contributed by atoms with van der Waals surface area (Å²) in [6.07, 6.45) is 3.99. The van der Waals surface area contributed by atoms with Gasteiger partial charge in [0.05, 0.1) is 5.41 Å². The molecule has 1 fully saturated rings. The first-order valence-corrected chi connectivity index (χ1v) is 7.58. The second-order valence-corrected chi connectivity index (χ2v) is 6.70. The number of nitrogens with zero attached hydrogens (tertiary/aromatic N) is 1. The Morgan fingerprint density at radius 3 is 3.14 bits per heavy atom. The lowest BCUT2D eigenvalue weighted by Crippen LogP contribution is -2.60. The fourth-order valence-corrected chi connectivity index (χ4v) is 4.93. The van der Waals surface area contributed by atoms with Crippen molar-refractivity contribution in [2.75, 3.05) is 13.6 Å². The Labute approximate surface area is 123 Å². The van der Waals surface area contributed by atoms with Gasteiger partial charge in [-0.15, -0.1) is 0 Å². The van der Waals surface area contributed by atoms with E-state index in [1.807, 2.05) is 6.07 Å². The normalized spacial score (nSPS) is 36.0. The summed E-state index contributed by atoms with van der Waals surface area (Å²) in [7, 11) is 2.16. The first-order chi connectivity index (χ1) is 10.1. The second kappa shape index (κ2) is 3.50. The zero-order valence-corrected chi connectivity index (χ0v) is 11.9. The standard InChI is InChI=1S/C17H17NO3/c1-18-7-6-17-10-3-5-13(20)16(17)21-15-12(19)4-2-9(14(15)17)8-11(10)18/h2-4,11,16,19H,5-8H2,1H3. The van der Waals surface area contributed by atoms with Crippen LogP contribution in [0.15, 0.2) is 23.8 Å². The van der Waals surface area contributed by atoms with Gasteiger partial charge in [0.15, 0.2) is 23.4 Å². The molecule has 1 spiro atoms. The number of carbonyl (C=O) groups excluding carboxylic acids is 1. The minimum Gasteiger partial charge on any atom is -0.504 e. The van der Waals surface area contributed by atoms with Crippen LogP contribution < -0.4 is 4.74 Å². The number of piperidine rings is 1. The molecule has 0 amide bonds. The van der Waals surface area contributed by atoms with Crippen molar-refractivity contribution in [2.24, 2.45) is 0 Å². The van der Waals surface area contributed by atoms with Gasteiger partial charge >= 0.3 is 0 Å². The largest absolute Gasteiger partial charge is 0.504 e. The van der Waals surface area contributed by atoms with E-state index in [9.17, 15) is 9.90 Å². The third-order valence-corrected chi connectivity index (χ3v) is 5.85. The second-order valence-electron chi connectivity index (χ2n) is 6.70. The van der Waals surface area contributed by atoms with Crippen LogP contribution in [0.4, 0.5) is 0 Å². The average Bonchev–Trinajstić information content (AvgIpc) is 2.83. The molecule has 2 bridgehead atoms. The lowest BCUT2D eigenvalue weighted by Gasteiger charge is -2.52. The molecule has 4 aliphatic rings. The molecule has 0 aromatic heterocycles. The van der Waals surface area contributed by atoms with E-state index in [-0.39, 0.29) is 16.9 Å². The highest BCUT2D eigenvalue weighted by Gasteiger charge is 2.62. The molecule has 1 N–H and O–H groups in total. The number of Topliss-reactive ketones (excluding diaryl/α,β-unsaturated/α-hetero) is 1. The molecule has 1 saturated heterocycles. The maximum Gasteiger partial charge on any atom is 0.178 e. The van der Waals surface area contributed by atoms with Crippen molar-refractivity contribution in [3.05, 3.63) is 34.9 Å². The number of ether oxygens (including phenoxy) is 1. The molecule has 0 saturated carbocycles. The minimum atomic E-state index is -0.434. The van der Waals surface area contributed by atoms with E-state index < -0.39 is 6.10 Å². The molecule has 5 rings (SSSR count). The molecule has 0 radical (unpaired) electrons. The number of ketones is 1. The van der Waals surface area contributed by atoms with Crippen LogP contribution in [0.3, 0.4) is 0 Å². The van der Waals surface area contributed by atoms with E-state index in [1.54, 1.807) is 6.07 Å². The molecule has 1 aromatic carbocycles. The van der Waals surface area contributed by atoms with Crippen molar-refractivity contribution in [3.8, 4) is 11.5 Å². The van der Waals surface area contributed by atoms with Gasteiger partial charge in [0.1, 0.15) is 0 Å². The van der Waals surface area contributed by atoms with Crippen LogP contribution in [-0.4, -0.2) is 41.5 Å². The smallest absolute Gasteiger partial charge is 0.178 e. The van der Waals surface area contributed by atoms with Crippen LogP contribution in [0.5, 0.6) is 11.5 Å². The Bertz CT molecular complexity index is 723. The highest BCUT2D eigenvalue weighted by molar-refractivity contribution is 5.92. The van der Waals surface area contributed by atoms with Gasteiger partial charge in [0.25, 0.3) is 0 Å². The Kier molecular flexibility index (Phi) is 1.97. The van der Waals surface area contributed by atoms with Gasteiger partial charge in [-0.3, -0.25) is 9.69 Å². The Balaban J connectivity index is 1.88. The van der Waals surface area contributed by atoms with Crippen LogP contribution in [0.2, 0.25) is 0 Å². The zero-order valence-electron chi connectivity index (χ0n) is 11.9. The maximum atomic E-state index is 12.4. The SMILES string of the molecule is CN1CCC23C4=CCC(=O)C2Oc2c(O)ccc(c23)CC41. The molecule has 4 heteroatoms. The Morgan fingerprint density at radius 1 is 1.43 bits per heavy atom. The highest BCUT2D eigenvalue weighted by Crippen LogP contribution is 2.61. The maximum absolute atomic E-state index is 12.4. The quantitative estimate of drug-likeness (QED) is 0.734. The third kappa shape index (κ3) is 1.16. The van der Waals surface area contributed by atoms with Gasteiger partial charge in [-0.1, -0.05) is 12.1 Å². The molecule has 3 unspecified atom stereocenters. The number of benzene rings is 1. The van der Waals surface area contributed by atoms with Gasteiger partial charge in [0.2, 0.25) is 0 Å². The summed E-state index contributed by atoms with van der Waals surface area (Å²) < 4.78 is 6.00. The summed E-state index contributed by atoms with van der Waals surface area (Å²) in [5, 5.41) is 10.2. The minimum absolute atomic E-state index is 0.144. The van der Waals surface area contributed by atoms with E-state index >= 15 is 0 Å². The number of phenols is 1. The van der Waals surface area contributed by atoms with Crippen molar-refractivity contribution in [1.29, 1.82) is 0 Å². The van der Waals surface area contributed by atoms with E-state index in [1.165, 1.54) is 11.1 Å². The van der Waals surface area contributed by atoms with Crippen molar-refractivity contribution in [2.45, 2.75) is 36.8 Å². The molecule has 108 valence electrons. The van der Waals surface area contributed by atoms with Crippen molar-refractivity contribution in [1.82, 2.24) is 4.90 Å². The number of phenolic OH excluding ortho intramolecular Hbond substituents is 1. The lowest BCUT2D eigenvalue weighted by molar-refractivity contribution is -0.128. The molecule has 1 aromatic rings. The molecular formula is C17H17NO3. The molecule has 2 heterocycles. The van der Waals surface area contributed by atoms with E-state index in [0.29, 0.717) is 18.2 Å². The molecular weight excluding hydrogens is 266 g/mol. The van der Waals surface area contributed by atoms with Crippen LogP contribution in [0.1, 0.15) is 24.0 Å². The van der Waals surface area contributed by atoms with Crippen molar-refractivity contribution < 1.29 is 14.6 Å². The fraction of sp³-hybridized carbons (Fsp3) is 0.471. The number of hydrogen-bond acceptors (Lipinski definition) is 4. The molecule has 21 heavy (non-hydrogen) atoms. The zero-order chi connectivity index (χ0) is 14.4. The van der Waals surface area contributed by atoms with Crippen LogP contribution in [0.25, 0.3) is 0 Å². The number of rotatable bonds is 0. The molecule has 2 aliphatic heterocycles. The molecule has 3 atom stereocenters. The molecule has 2 aliphatic carbocycles. The third-order valence-electron chi connectivity index (χ3n) is 5.85. The summed E-state index contributed by atoms with van der Waals surface area (Å²) in [5.74, 6) is 0.870. The monoisotopic (exact) mass is 283 g/mol. The number of carbonyl (C=O) groups is 1. The average molecular weight is 283 g/mol. The summed E-state index contributed by atoms with van der Waals surface area (Å²) >= 11 is 0.